The molecule has 1 fully saturated rings. The summed E-state index contributed by atoms with van der Waals surface area (Å²) in [6, 6.07) is 3.48. The minimum absolute atomic E-state index is 0. The zero-order valence-electron chi connectivity index (χ0n) is 15.3. The van der Waals surface area contributed by atoms with Crippen LogP contribution < -0.4 is 23.8 Å². The number of fused-ring (bicyclic) bond motifs is 1. The normalized spacial score (nSPS) is 18.5. The minimum atomic E-state index is -1.08. The Bertz CT molecular complexity index is 762. The van der Waals surface area contributed by atoms with Crippen molar-refractivity contribution in [1.29, 1.82) is 0 Å². The number of halogens is 1. The van der Waals surface area contributed by atoms with Gasteiger partial charge in [-0.05, 0) is 11.5 Å². The molecule has 1 saturated heterocycles. The molecule has 1 aliphatic rings. The summed E-state index contributed by atoms with van der Waals surface area (Å²) < 4.78 is 11.4. The summed E-state index contributed by atoms with van der Waals surface area (Å²) >= 11 is 5.98. The first-order chi connectivity index (χ1) is 10.8. The van der Waals surface area contributed by atoms with Gasteiger partial charge >= 0.3 is 24.8 Å². The quantitative estimate of drug-likeness (QED) is 0.800. The maximum Gasteiger partial charge on any atom is 1.00 e. The summed E-state index contributed by atoms with van der Waals surface area (Å²) in [5.74, 6) is -1.08. The van der Waals surface area contributed by atoms with E-state index in [1.807, 2.05) is 4.90 Å². The van der Waals surface area contributed by atoms with E-state index in [0.29, 0.717) is 41.9 Å². The monoisotopic (exact) mass is 346 g/mol. The largest absolute Gasteiger partial charge is 1.00 e. The molecular weight excluding hydrogens is 327 g/mol. The van der Waals surface area contributed by atoms with Crippen LogP contribution in [0.2, 0.25) is 5.02 Å². The second-order valence-corrected chi connectivity index (χ2v) is 7.19. The molecule has 0 amide bonds. The Morgan fingerprint density at radius 2 is 2.17 bits per heavy atom. The Labute approximate surface area is 158 Å². The molecule has 2 aromatic rings. The molecule has 0 spiro atoms. The number of rotatable bonds is 2. The van der Waals surface area contributed by atoms with E-state index in [4.69, 9.17) is 20.8 Å². The summed E-state index contributed by atoms with van der Waals surface area (Å²) in [6.07, 6.45) is 0. The van der Waals surface area contributed by atoms with Gasteiger partial charge in [-0.1, -0.05) is 32.4 Å². The molecule has 0 aliphatic carbocycles. The first-order valence-corrected chi connectivity index (χ1v) is 7.83. The van der Waals surface area contributed by atoms with E-state index in [9.17, 15) is 9.90 Å². The standard InChI is InChI=1S/C16H19ClN2O4.Li.H/c1-16(2,3)12-8-22-5-4-19(12)15-18-13-10(14(20)21)6-9(17)7-11(13)23-15;;/h6-7,12H,4-5,8H2,1-3H3,(H,20,21);;/q;+1;-1. The molecule has 6 nitrogen and oxygen atoms in total. The maximum absolute atomic E-state index is 11.4. The van der Waals surface area contributed by atoms with Gasteiger partial charge in [0.15, 0.2) is 5.58 Å². The van der Waals surface area contributed by atoms with Crippen molar-refractivity contribution in [2.75, 3.05) is 24.7 Å². The van der Waals surface area contributed by atoms with Crippen LogP contribution in [0.25, 0.3) is 11.1 Å². The van der Waals surface area contributed by atoms with Crippen molar-refractivity contribution in [2.45, 2.75) is 26.8 Å². The van der Waals surface area contributed by atoms with Crippen LogP contribution in [0, 0.1) is 5.41 Å². The van der Waals surface area contributed by atoms with Gasteiger partial charge in [0.25, 0.3) is 6.01 Å². The number of nitrogens with zero attached hydrogens (tertiary/aromatic N) is 2. The molecule has 126 valence electrons. The van der Waals surface area contributed by atoms with Crippen LogP contribution in [0.4, 0.5) is 6.01 Å². The molecule has 3 rings (SSSR count). The number of hydrogen-bond acceptors (Lipinski definition) is 5. The number of carbonyl (C=O) groups is 1. The zero-order valence-corrected chi connectivity index (χ0v) is 15.1. The van der Waals surface area contributed by atoms with Gasteiger partial charge in [-0.2, -0.15) is 4.98 Å². The Balaban J connectivity index is 0.00000156. The molecule has 1 aromatic heterocycles. The first-order valence-electron chi connectivity index (χ1n) is 7.45. The number of hydrogen-bond donors (Lipinski definition) is 1. The molecule has 0 saturated carbocycles. The molecule has 24 heavy (non-hydrogen) atoms. The fourth-order valence-corrected chi connectivity index (χ4v) is 3.03. The van der Waals surface area contributed by atoms with Crippen molar-refractivity contribution >= 4 is 34.7 Å². The predicted octanol–water partition coefficient (Wildman–Crippen LogP) is 0.547. The molecule has 1 aromatic carbocycles. The fraction of sp³-hybridized carbons (Fsp3) is 0.500. The average Bonchev–Trinajstić information content (AvgIpc) is 2.88. The van der Waals surface area contributed by atoms with Crippen LogP contribution in [-0.4, -0.2) is 41.9 Å². The van der Waals surface area contributed by atoms with Gasteiger partial charge in [0, 0.05) is 17.6 Å². The molecule has 1 aliphatic heterocycles. The van der Waals surface area contributed by atoms with E-state index in [-0.39, 0.29) is 37.3 Å². The number of carboxylic acids is 1. The number of oxazole rings is 1. The van der Waals surface area contributed by atoms with Gasteiger partial charge < -0.3 is 20.6 Å². The van der Waals surface area contributed by atoms with Crippen molar-refractivity contribution in [3.05, 3.63) is 22.7 Å². The summed E-state index contributed by atoms with van der Waals surface area (Å²) in [5, 5.41) is 9.65. The second kappa shape index (κ2) is 6.97. The van der Waals surface area contributed by atoms with Crippen molar-refractivity contribution in [2.24, 2.45) is 5.41 Å². The van der Waals surface area contributed by atoms with E-state index >= 15 is 0 Å². The van der Waals surface area contributed by atoms with Crippen LogP contribution in [0.1, 0.15) is 32.6 Å². The summed E-state index contributed by atoms with van der Waals surface area (Å²) in [5.41, 5.74) is 0.706. The van der Waals surface area contributed by atoms with Crippen molar-refractivity contribution < 1.29 is 39.3 Å². The van der Waals surface area contributed by atoms with Crippen LogP contribution in [0.5, 0.6) is 0 Å². The molecule has 8 heteroatoms. The van der Waals surface area contributed by atoms with E-state index in [1.165, 1.54) is 6.07 Å². The second-order valence-electron chi connectivity index (χ2n) is 6.75. The first kappa shape index (κ1) is 19.1. The van der Waals surface area contributed by atoms with Crippen LogP contribution in [0.3, 0.4) is 0 Å². The Kier molecular flexibility index (Phi) is 5.56. The van der Waals surface area contributed by atoms with Gasteiger partial charge in [0.1, 0.15) is 5.52 Å². The molecule has 0 bridgehead atoms. The number of aromatic nitrogens is 1. The third-order valence-corrected chi connectivity index (χ3v) is 4.27. The van der Waals surface area contributed by atoms with Gasteiger partial charge in [-0.25, -0.2) is 4.79 Å². The molecule has 1 N–H and O–H groups in total. The third-order valence-electron chi connectivity index (χ3n) is 4.05. The number of anilines is 1. The predicted molar refractivity (Wildman–Crippen MR) is 88.5 cm³/mol. The fourth-order valence-electron chi connectivity index (χ4n) is 2.82. The molecule has 1 atom stereocenters. The Morgan fingerprint density at radius 1 is 1.46 bits per heavy atom. The summed E-state index contributed by atoms with van der Waals surface area (Å²) in [7, 11) is 0. The van der Waals surface area contributed by atoms with Gasteiger partial charge in [-0.3, -0.25) is 0 Å². The zero-order chi connectivity index (χ0) is 16.8. The number of carboxylic acid groups (broad SMARTS) is 1. The van der Waals surface area contributed by atoms with Crippen molar-refractivity contribution in [3.8, 4) is 0 Å². The average molecular weight is 347 g/mol. The molecule has 1 unspecified atom stereocenters. The molecule has 2 heterocycles. The maximum atomic E-state index is 11.4. The van der Waals surface area contributed by atoms with Gasteiger partial charge in [-0.15, -0.1) is 0 Å². The van der Waals surface area contributed by atoms with E-state index in [1.54, 1.807) is 6.07 Å². The van der Waals surface area contributed by atoms with Crippen molar-refractivity contribution in [3.63, 3.8) is 0 Å². The molecule has 0 radical (unpaired) electrons. The van der Waals surface area contributed by atoms with Crippen molar-refractivity contribution in [1.82, 2.24) is 4.98 Å². The SMILES string of the molecule is CC(C)(C)C1COCCN1c1nc2c(C(=O)O)cc(Cl)cc2o1.[H-].[Li+]. The number of benzene rings is 1. The van der Waals surface area contributed by atoms with E-state index < -0.39 is 5.97 Å². The number of aromatic carboxylic acids is 1. The topological polar surface area (TPSA) is 75.8 Å². The van der Waals surface area contributed by atoms with E-state index in [2.05, 4.69) is 25.8 Å². The number of ether oxygens (including phenoxy) is 1. The van der Waals surface area contributed by atoms with E-state index in [0.717, 1.165) is 0 Å². The summed E-state index contributed by atoms with van der Waals surface area (Å²) in [4.78, 5) is 17.9. The molecular formula is C16H20ClLiN2O4. The third kappa shape index (κ3) is 3.57. The van der Waals surface area contributed by atoms with Crippen LogP contribution >= 0.6 is 11.6 Å². The van der Waals surface area contributed by atoms with Gasteiger partial charge in [0.05, 0.1) is 24.8 Å². The Morgan fingerprint density at radius 3 is 2.79 bits per heavy atom. The number of morpholine rings is 1. The van der Waals surface area contributed by atoms with Gasteiger partial charge in [0.2, 0.25) is 0 Å². The smallest absolute Gasteiger partial charge is 1.00 e. The van der Waals surface area contributed by atoms with Crippen LogP contribution in [0.15, 0.2) is 16.5 Å². The van der Waals surface area contributed by atoms with Crippen LogP contribution in [-0.2, 0) is 4.74 Å². The summed E-state index contributed by atoms with van der Waals surface area (Å²) in [6.45, 7) is 8.18. The Hall–Kier alpha value is -1.19. The minimum Gasteiger partial charge on any atom is -1.00 e.